The first-order valence-electron chi connectivity index (χ1n) is 7.63. The van der Waals surface area contributed by atoms with Crippen LogP contribution in [-0.4, -0.2) is 39.7 Å². The fourth-order valence-corrected chi connectivity index (χ4v) is 3.61. The molecule has 2 aromatic rings. The molecule has 1 saturated carbocycles. The molecular weight excluding hydrogens is 298 g/mol. The number of nitrogens with one attached hydrogen (secondary N) is 1. The van der Waals surface area contributed by atoms with Gasteiger partial charge in [-0.05, 0) is 37.8 Å². The van der Waals surface area contributed by atoms with Crippen LogP contribution in [-0.2, 0) is 4.79 Å². The fourth-order valence-electron chi connectivity index (χ4n) is 2.72. The van der Waals surface area contributed by atoms with Crippen LogP contribution in [0, 0.1) is 0 Å². The molecule has 1 saturated heterocycles. The Bertz CT molecular complexity index is 670. The zero-order valence-corrected chi connectivity index (χ0v) is 12.9. The molecule has 0 bridgehead atoms. The summed E-state index contributed by atoms with van der Waals surface area (Å²) in [4.78, 5) is 18.7. The Kier molecular flexibility index (Phi) is 3.49. The van der Waals surface area contributed by atoms with E-state index in [0.717, 1.165) is 48.1 Å². The standard InChI is InChI=1S/C15H17N5OS/c21-13(17-10-6-7-10)12-5-3-9-20(12)15-19-18-14(22-15)11-4-1-2-8-16-11/h1-2,4,8,10,12H,3,5-7,9H2,(H,17,21)/t12-/m1/s1. The van der Waals surface area contributed by atoms with E-state index in [1.165, 1.54) is 11.3 Å². The molecule has 0 aromatic carbocycles. The predicted molar refractivity (Wildman–Crippen MR) is 84.7 cm³/mol. The zero-order chi connectivity index (χ0) is 14.9. The second kappa shape index (κ2) is 5.64. The third kappa shape index (κ3) is 2.68. The maximum atomic E-state index is 12.3. The van der Waals surface area contributed by atoms with E-state index in [-0.39, 0.29) is 11.9 Å². The van der Waals surface area contributed by atoms with E-state index in [1.807, 2.05) is 18.2 Å². The molecule has 2 aliphatic rings. The molecule has 0 radical (unpaired) electrons. The van der Waals surface area contributed by atoms with Gasteiger partial charge in [0, 0.05) is 18.8 Å². The summed E-state index contributed by atoms with van der Waals surface area (Å²) in [6.07, 6.45) is 5.87. The van der Waals surface area contributed by atoms with Crippen LogP contribution in [0.2, 0.25) is 0 Å². The average Bonchev–Trinajstić information content (AvgIpc) is 3.06. The van der Waals surface area contributed by atoms with Crippen molar-refractivity contribution in [3.63, 3.8) is 0 Å². The Hall–Kier alpha value is -2.02. The monoisotopic (exact) mass is 315 g/mol. The van der Waals surface area contributed by atoms with Gasteiger partial charge < -0.3 is 10.2 Å². The Morgan fingerprint density at radius 2 is 2.18 bits per heavy atom. The van der Waals surface area contributed by atoms with E-state index in [0.29, 0.717) is 6.04 Å². The fraction of sp³-hybridized carbons (Fsp3) is 0.467. The van der Waals surface area contributed by atoms with Crippen molar-refractivity contribution in [2.75, 3.05) is 11.4 Å². The summed E-state index contributed by atoms with van der Waals surface area (Å²) >= 11 is 1.50. The quantitative estimate of drug-likeness (QED) is 0.932. The topological polar surface area (TPSA) is 71.0 Å². The van der Waals surface area contributed by atoms with Gasteiger partial charge in [0.1, 0.15) is 11.7 Å². The lowest BCUT2D eigenvalue weighted by Gasteiger charge is -2.22. The number of hydrogen-bond donors (Lipinski definition) is 1. The molecule has 1 aliphatic heterocycles. The molecule has 22 heavy (non-hydrogen) atoms. The summed E-state index contributed by atoms with van der Waals surface area (Å²) < 4.78 is 0. The number of anilines is 1. The van der Waals surface area contributed by atoms with Crippen molar-refractivity contribution in [2.24, 2.45) is 0 Å². The van der Waals surface area contributed by atoms with Crippen LogP contribution >= 0.6 is 11.3 Å². The van der Waals surface area contributed by atoms with E-state index in [9.17, 15) is 4.79 Å². The second-order valence-electron chi connectivity index (χ2n) is 5.74. The van der Waals surface area contributed by atoms with Gasteiger partial charge in [0.05, 0.1) is 0 Å². The summed E-state index contributed by atoms with van der Waals surface area (Å²) in [6.45, 7) is 0.861. The minimum absolute atomic E-state index is 0.106. The van der Waals surface area contributed by atoms with Gasteiger partial charge in [-0.1, -0.05) is 17.4 Å². The van der Waals surface area contributed by atoms with Crippen LogP contribution < -0.4 is 10.2 Å². The van der Waals surface area contributed by atoms with Gasteiger partial charge in [0.15, 0.2) is 5.01 Å². The zero-order valence-electron chi connectivity index (χ0n) is 12.1. The largest absolute Gasteiger partial charge is 0.352 e. The number of amides is 1. The molecule has 2 aromatic heterocycles. The molecular formula is C15H17N5OS. The van der Waals surface area contributed by atoms with Crippen LogP contribution in [0.25, 0.3) is 10.7 Å². The van der Waals surface area contributed by atoms with Crippen LogP contribution in [0.1, 0.15) is 25.7 Å². The van der Waals surface area contributed by atoms with E-state index in [2.05, 4.69) is 25.4 Å². The molecule has 114 valence electrons. The minimum Gasteiger partial charge on any atom is -0.352 e. The van der Waals surface area contributed by atoms with Gasteiger partial charge in [-0.15, -0.1) is 10.2 Å². The molecule has 3 heterocycles. The summed E-state index contributed by atoms with van der Waals surface area (Å²) in [5.41, 5.74) is 0.824. The highest BCUT2D eigenvalue weighted by atomic mass is 32.1. The maximum Gasteiger partial charge on any atom is 0.243 e. The Morgan fingerprint density at radius 1 is 1.27 bits per heavy atom. The van der Waals surface area contributed by atoms with Crippen LogP contribution in [0.3, 0.4) is 0 Å². The molecule has 1 N–H and O–H groups in total. The van der Waals surface area contributed by atoms with Gasteiger partial charge >= 0.3 is 0 Å². The highest BCUT2D eigenvalue weighted by Gasteiger charge is 2.35. The predicted octanol–water partition coefficient (Wildman–Crippen LogP) is 1.85. The summed E-state index contributed by atoms with van der Waals surface area (Å²) in [6, 6.07) is 6.03. The number of nitrogens with zero attached hydrogens (tertiary/aromatic N) is 4. The number of carbonyl (C=O) groups is 1. The Morgan fingerprint density at radius 3 is 2.95 bits per heavy atom. The molecule has 2 fully saturated rings. The van der Waals surface area contributed by atoms with Crippen molar-refractivity contribution in [2.45, 2.75) is 37.8 Å². The van der Waals surface area contributed by atoms with Crippen molar-refractivity contribution >= 4 is 22.4 Å². The van der Waals surface area contributed by atoms with Crippen molar-refractivity contribution in [3.8, 4) is 10.7 Å². The lowest BCUT2D eigenvalue weighted by Crippen LogP contribution is -2.44. The molecule has 0 unspecified atom stereocenters. The smallest absolute Gasteiger partial charge is 0.243 e. The Balaban J connectivity index is 1.53. The summed E-state index contributed by atoms with van der Waals surface area (Å²) in [5, 5.41) is 13.2. The lowest BCUT2D eigenvalue weighted by atomic mass is 10.2. The first-order valence-corrected chi connectivity index (χ1v) is 8.45. The second-order valence-corrected chi connectivity index (χ2v) is 6.70. The van der Waals surface area contributed by atoms with Gasteiger partial charge in [-0.2, -0.15) is 0 Å². The number of carbonyl (C=O) groups excluding carboxylic acids is 1. The number of hydrogen-bond acceptors (Lipinski definition) is 6. The summed E-state index contributed by atoms with van der Waals surface area (Å²) in [5.74, 6) is 0.134. The first kappa shape index (κ1) is 13.6. The van der Waals surface area contributed by atoms with E-state index < -0.39 is 0 Å². The third-order valence-electron chi connectivity index (χ3n) is 4.02. The molecule has 1 aliphatic carbocycles. The average molecular weight is 315 g/mol. The first-order chi connectivity index (χ1) is 10.8. The van der Waals surface area contributed by atoms with Gasteiger partial charge in [0.2, 0.25) is 11.0 Å². The van der Waals surface area contributed by atoms with Crippen molar-refractivity contribution in [3.05, 3.63) is 24.4 Å². The SMILES string of the molecule is O=C(NC1CC1)[C@H]1CCCN1c1nnc(-c2ccccn2)s1. The van der Waals surface area contributed by atoms with Crippen LogP contribution in [0.15, 0.2) is 24.4 Å². The number of rotatable bonds is 4. The maximum absolute atomic E-state index is 12.3. The van der Waals surface area contributed by atoms with Crippen molar-refractivity contribution in [1.82, 2.24) is 20.5 Å². The van der Waals surface area contributed by atoms with Crippen molar-refractivity contribution in [1.29, 1.82) is 0 Å². The molecule has 1 atom stereocenters. The number of pyridine rings is 1. The molecule has 0 spiro atoms. The number of aromatic nitrogens is 3. The minimum atomic E-state index is -0.106. The molecule has 4 rings (SSSR count). The highest BCUT2D eigenvalue weighted by Crippen LogP contribution is 2.32. The molecule has 1 amide bonds. The van der Waals surface area contributed by atoms with Crippen LogP contribution in [0.5, 0.6) is 0 Å². The lowest BCUT2D eigenvalue weighted by molar-refractivity contribution is -0.122. The van der Waals surface area contributed by atoms with E-state index in [1.54, 1.807) is 6.20 Å². The van der Waals surface area contributed by atoms with Crippen LogP contribution in [0.4, 0.5) is 5.13 Å². The Labute approximate surface area is 132 Å². The van der Waals surface area contributed by atoms with Gasteiger partial charge in [-0.3, -0.25) is 9.78 Å². The van der Waals surface area contributed by atoms with Crippen molar-refractivity contribution < 1.29 is 4.79 Å². The third-order valence-corrected chi connectivity index (χ3v) is 5.01. The normalized spacial score (nSPS) is 21.1. The van der Waals surface area contributed by atoms with E-state index >= 15 is 0 Å². The van der Waals surface area contributed by atoms with Gasteiger partial charge in [0.25, 0.3) is 0 Å². The highest BCUT2D eigenvalue weighted by molar-refractivity contribution is 7.18. The molecule has 7 heteroatoms. The summed E-state index contributed by atoms with van der Waals surface area (Å²) in [7, 11) is 0. The van der Waals surface area contributed by atoms with Gasteiger partial charge in [-0.25, -0.2) is 0 Å². The molecule has 6 nitrogen and oxygen atoms in total. The van der Waals surface area contributed by atoms with E-state index in [4.69, 9.17) is 0 Å².